The molecule has 1 fully saturated rings. The fourth-order valence-corrected chi connectivity index (χ4v) is 4.45. The SMILES string of the molecule is O=C(NCCN1CCCC1)c1ccc(C[S@](=O)Cc2ccccc2Cl)o1. The van der Waals surface area contributed by atoms with Crippen molar-refractivity contribution >= 4 is 28.3 Å². The molecule has 26 heavy (non-hydrogen) atoms. The molecule has 1 saturated heterocycles. The summed E-state index contributed by atoms with van der Waals surface area (Å²) in [6.45, 7) is 3.69. The predicted octanol–water partition coefficient (Wildman–Crippen LogP) is 3.21. The van der Waals surface area contributed by atoms with Crippen LogP contribution in [0.1, 0.15) is 34.7 Å². The fourth-order valence-electron chi connectivity index (χ4n) is 3.00. The average molecular weight is 395 g/mol. The van der Waals surface area contributed by atoms with Crippen molar-refractivity contribution in [1.82, 2.24) is 10.2 Å². The Morgan fingerprint density at radius 1 is 1.15 bits per heavy atom. The molecular weight excluding hydrogens is 372 g/mol. The van der Waals surface area contributed by atoms with Gasteiger partial charge in [0.15, 0.2) is 5.76 Å². The van der Waals surface area contributed by atoms with Gasteiger partial charge in [-0.3, -0.25) is 9.00 Å². The highest BCUT2D eigenvalue weighted by Gasteiger charge is 2.15. The van der Waals surface area contributed by atoms with Gasteiger partial charge in [-0.15, -0.1) is 0 Å². The van der Waals surface area contributed by atoms with E-state index in [0.717, 1.165) is 25.2 Å². The zero-order valence-electron chi connectivity index (χ0n) is 14.6. The Bertz CT molecular complexity index is 772. The Kier molecular flexibility index (Phi) is 6.88. The van der Waals surface area contributed by atoms with Crippen molar-refractivity contribution < 1.29 is 13.4 Å². The lowest BCUT2D eigenvalue weighted by Gasteiger charge is -2.14. The lowest BCUT2D eigenvalue weighted by molar-refractivity contribution is 0.0920. The molecule has 5 nitrogen and oxygen atoms in total. The van der Waals surface area contributed by atoms with Crippen molar-refractivity contribution in [3.8, 4) is 0 Å². The van der Waals surface area contributed by atoms with Crippen LogP contribution >= 0.6 is 11.6 Å². The van der Waals surface area contributed by atoms with Crippen molar-refractivity contribution in [3.05, 3.63) is 58.5 Å². The van der Waals surface area contributed by atoms with Gasteiger partial charge >= 0.3 is 0 Å². The van der Waals surface area contributed by atoms with Crippen molar-refractivity contribution in [2.45, 2.75) is 24.3 Å². The standard InChI is InChI=1S/C19H23ClN2O3S/c20-17-6-2-1-5-15(17)13-26(24)14-16-7-8-18(25-16)19(23)21-9-12-22-10-3-4-11-22/h1-2,5-8H,3-4,9-14H2,(H,21,23)/t26-/m1/s1. The van der Waals surface area contributed by atoms with E-state index < -0.39 is 10.8 Å². The zero-order chi connectivity index (χ0) is 18.4. The van der Waals surface area contributed by atoms with Crippen LogP contribution in [0.5, 0.6) is 0 Å². The number of halogens is 1. The van der Waals surface area contributed by atoms with E-state index in [1.54, 1.807) is 18.2 Å². The third kappa shape index (κ3) is 5.43. The number of benzene rings is 1. The predicted molar refractivity (Wildman–Crippen MR) is 104 cm³/mol. The van der Waals surface area contributed by atoms with Crippen molar-refractivity contribution in [2.75, 3.05) is 26.2 Å². The number of nitrogens with one attached hydrogen (secondary N) is 1. The molecule has 0 spiro atoms. The molecule has 0 aliphatic carbocycles. The molecule has 7 heteroatoms. The number of hydrogen-bond donors (Lipinski definition) is 1. The van der Waals surface area contributed by atoms with Crippen LogP contribution < -0.4 is 5.32 Å². The van der Waals surface area contributed by atoms with Crippen LogP contribution in [-0.2, 0) is 22.3 Å². The molecule has 3 rings (SSSR count). The molecule has 1 aromatic carbocycles. The third-order valence-electron chi connectivity index (χ3n) is 4.38. The Labute approximate surface area is 161 Å². The number of carbonyl (C=O) groups excluding carboxylic acids is 1. The lowest BCUT2D eigenvalue weighted by atomic mass is 10.2. The van der Waals surface area contributed by atoms with Crippen molar-refractivity contribution in [2.24, 2.45) is 0 Å². The number of furan rings is 1. The maximum atomic E-state index is 12.3. The maximum Gasteiger partial charge on any atom is 0.287 e. The summed E-state index contributed by atoms with van der Waals surface area (Å²) in [4.78, 5) is 14.5. The summed E-state index contributed by atoms with van der Waals surface area (Å²) in [5.74, 6) is 1.19. The van der Waals surface area contributed by atoms with Gasteiger partial charge in [-0.2, -0.15) is 0 Å². The van der Waals surface area contributed by atoms with E-state index in [4.69, 9.17) is 16.0 Å². The van der Waals surface area contributed by atoms with Gasteiger partial charge in [0.05, 0.1) is 11.5 Å². The summed E-state index contributed by atoms with van der Waals surface area (Å²) >= 11 is 6.10. The smallest absolute Gasteiger partial charge is 0.287 e. The molecule has 1 amide bonds. The summed E-state index contributed by atoms with van der Waals surface area (Å²) < 4.78 is 17.9. The third-order valence-corrected chi connectivity index (χ3v) is 5.98. The number of carbonyl (C=O) groups is 1. The lowest BCUT2D eigenvalue weighted by Crippen LogP contribution is -2.33. The first kappa shape index (κ1) is 19.1. The van der Waals surface area contributed by atoms with Crippen LogP contribution in [0.15, 0.2) is 40.8 Å². The number of amides is 1. The second-order valence-electron chi connectivity index (χ2n) is 6.39. The molecule has 0 saturated carbocycles. The first-order valence-corrected chi connectivity index (χ1v) is 10.7. The van der Waals surface area contributed by atoms with E-state index in [2.05, 4.69) is 10.2 Å². The number of hydrogen-bond acceptors (Lipinski definition) is 4. The molecule has 1 atom stereocenters. The minimum atomic E-state index is -1.16. The van der Waals surface area contributed by atoms with E-state index >= 15 is 0 Å². The van der Waals surface area contributed by atoms with E-state index in [0.29, 0.717) is 23.1 Å². The van der Waals surface area contributed by atoms with Gasteiger partial charge in [-0.05, 0) is 49.7 Å². The van der Waals surface area contributed by atoms with Crippen LogP contribution in [0.3, 0.4) is 0 Å². The Morgan fingerprint density at radius 3 is 2.69 bits per heavy atom. The van der Waals surface area contributed by atoms with Crippen LogP contribution in [0, 0.1) is 0 Å². The monoisotopic (exact) mass is 394 g/mol. The highest BCUT2D eigenvalue weighted by atomic mass is 35.5. The Morgan fingerprint density at radius 2 is 1.92 bits per heavy atom. The maximum absolute atomic E-state index is 12.3. The molecule has 1 aliphatic heterocycles. The molecule has 140 valence electrons. The van der Waals surface area contributed by atoms with Crippen LogP contribution in [0.4, 0.5) is 0 Å². The minimum absolute atomic E-state index is 0.229. The van der Waals surface area contributed by atoms with Gasteiger partial charge in [-0.1, -0.05) is 29.8 Å². The van der Waals surface area contributed by atoms with Gasteiger partial charge in [0.25, 0.3) is 5.91 Å². The average Bonchev–Trinajstić information content (AvgIpc) is 3.29. The fraction of sp³-hybridized carbons (Fsp3) is 0.421. The van der Waals surface area contributed by atoms with E-state index in [1.165, 1.54) is 12.8 Å². The highest BCUT2D eigenvalue weighted by molar-refractivity contribution is 7.83. The largest absolute Gasteiger partial charge is 0.455 e. The molecule has 1 aliphatic rings. The summed E-state index contributed by atoms with van der Waals surface area (Å²) in [7, 11) is -1.16. The van der Waals surface area contributed by atoms with Crippen molar-refractivity contribution in [3.63, 3.8) is 0 Å². The molecule has 0 unspecified atom stereocenters. The molecule has 0 bridgehead atoms. The normalized spacial score (nSPS) is 15.9. The molecular formula is C19H23ClN2O3S. The summed E-state index contributed by atoms with van der Waals surface area (Å²) in [5.41, 5.74) is 0.846. The van der Waals surface area contributed by atoms with Crippen molar-refractivity contribution in [1.29, 1.82) is 0 Å². The van der Waals surface area contributed by atoms with Crippen LogP contribution in [0.2, 0.25) is 5.02 Å². The number of likely N-dealkylation sites (tertiary alicyclic amines) is 1. The van der Waals surface area contributed by atoms with Gasteiger partial charge < -0.3 is 14.6 Å². The van der Waals surface area contributed by atoms with E-state index in [9.17, 15) is 9.00 Å². The molecule has 1 aromatic heterocycles. The molecule has 2 aromatic rings. The molecule has 2 heterocycles. The summed E-state index contributed by atoms with van der Waals surface area (Å²) in [6.07, 6.45) is 2.47. The van der Waals surface area contributed by atoms with E-state index in [-0.39, 0.29) is 17.4 Å². The number of nitrogens with zero attached hydrogens (tertiary/aromatic N) is 1. The Hall–Kier alpha value is -1.63. The minimum Gasteiger partial charge on any atom is -0.455 e. The quantitative estimate of drug-likeness (QED) is 0.746. The van der Waals surface area contributed by atoms with Crippen LogP contribution in [0.25, 0.3) is 0 Å². The zero-order valence-corrected chi connectivity index (χ0v) is 16.2. The van der Waals surface area contributed by atoms with Gasteiger partial charge in [-0.25, -0.2) is 0 Å². The first-order valence-electron chi connectivity index (χ1n) is 8.79. The highest BCUT2D eigenvalue weighted by Crippen LogP contribution is 2.18. The van der Waals surface area contributed by atoms with E-state index in [1.807, 2.05) is 18.2 Å². The molecule has 0 radical (unpaired) electrons. The second-order valence-corrected chi connectivity index (χ2v) is 8.25. The van der Waals surface area contributed by atoms with Crippen LogP contribution in [-0.4, -0.2) is 41.2 Å². The van der Waals surface area contributed by atoms with Gasteiger partial charge in [0.2, 0.25) is 0 Å². The molecule has 1 N–H and O–H groups in total. The number of rotatable bonds is 8. The van der Waals surface area contributed by atoms with Gasteiger partial charge in [0.1, 0.15) is 5.76 Å². The topological polar surface area (TPSA) is 62.6 Å². The van der Waals surface area contributed by atoms with Gasteiger partial charge in [0, 0.05) is 28.9 Å². The second kappa shape index (κ2) is 9.35. The Balaban J connectivity index is 1.46. The first-order chi connectivity index (χ1) is 12.6. The summed E-state index contributed by atoms with van der Waals surface area (Å²) in [5, 5.41) is 3.48. The summed E-state index contributed by atoms with van der Waals surface area (Å²) in [6, 6.07) is 10.7.